The van der Waals surface area contributed by atoms with E-state index in [1.54, 1.807) is 13.8 Å². The zero-order valence-electron chi connectivity index (χ0n) is 11.4. The van der Waals surface area contributed by atoms with Gasteiger partial charge in [0.1, 0.15) is 24.8 Å². The van der Waals surface area contributed by atoms with Gasteiger partial charge in [-0.1, -0.05) is 13.8 Å². The number of amides is 1. The van der Waals surface area contributed by atoms with Gasteiger partial charge in [0, 0.05) is 6.07 Å². The molecule has 0 atom stereocenters. The monoisotopic (exact) mass is 311 g/mol. The number of hydrogen-bond acceptors (Lipinski definition) is 2. The topological polar surface area (TPSA) is 38.3 Å². The van der Waals surface area contributed by atoms with Gasteiger partial charge in [0.2, 0.25) is 5.91 Å². The molecule has 0 bridgehead atoms. The average Bonchev–Trinajstić information content (AvgIpc) is 2.30. The summed E-state index contributed by atoms with van der Waals surface area (Å²) >= 11 is 0. The minimum Gasteiger partial charge on any atom is -0.362 e. The molecule has 0 aliphatic carbocycles. The predicted octanol–water partition coefficient (Wildman–Crippen LogP) is 3.61. The van der Waals surface area contributed by atoms with E-state index in [1.165, 1.54) is 0 Å². The first-order chi connectivity index (χ1) is 9.60. The minimum atomic E-state index is -4.55. The van der Waals surface area contributed by atoms with Crippen molar-refractivity contribution in [3.63, 3.8) is 0 Å². The largest absolute Gasteiger partial charge is 0.411 e. The summed E-state index contributed by atoms with van der Waals surface area (Å²) in [5.41, 5.74) is -0.0521. The van der Waals surface area contributed by atoms with Gasteiger partial charge in [-0.3, -0.25) is 4.79 Å². The Morgan fingerprint density at radius 1 is 1.29 bits per heavy atom. The standard InChI is InChI=1S/C13H14F5NO2/c1-7(2)9-3-8(14)4-10(15)12(9)19-11(20)5-21-6-13(16,17)18/h3-4,7H,5-6H2,1-2H3,(H,19,20). The zero-order chi connectivity index (χ0) is 16.2. The summed E-state index contributed by atoms with van der Waals surface area (Å²) in [6, 6.07) is 1.64. The quantitative estimate of drug-likeness (QED) is 0.844. The summed E-state index contributed by atoms with van der Waals surface area (Å²) in [5.74, 6) is -3.04. The first-order valence-electron chi connectivity index (χ1n) is 6.03. The SMILES string of the molecule is CC(C)c1cc(F)cc(F)c1NC(=O)COCC(F)(F)F. The first-order valence-corrected chi connectivity index (χ1v) is 6.03. The van der Waals surface area contributed by atoms with Crippen LogP contribution < -0.4 is 5.32 Å². The molecular weight excluding hydrogens is 297 g/mol. The summed E-state index contributed by atoms with van der Waals surface area (Å²) < 4.78 is 66.5. The molecule has 118 valence electrons. The highest BCUT2D eigenvalue weighted by atomic mass is 19.4. The van der Waals surface area contributed by atoms with Crippen LogP contribution in [0.5, 0.6) is 0 Å². The molecule has 0 fully saturated rings. The number of benzene rings is 1. The fourth-order valence-electron chi connectivity index (χ4n) is 1.62. The van der Waals surface area contributed by atoms with E-state index in [0.29, 0.717) is 6.07 Å². The summed E-state index contributed by atoms with van der Waals surface area (Å²) in [4.78, 5) is 11.4. The van der Waals surface area contributed by atoms with Crippen molar-refractivity contribution in [1.29, 1.82) is 0 Å². The zero-order valence-corrected chi connectivity index (χ0v) is 11.4. The van der Waals surface area contributed by atoms with E-state index in [0.717, 1.165) is 6.07 Å². The highest BCUT2D eigenvalue weighted by molar-refractivity contribution is 5.92. The Labute approximate surface area is 118 Å². The van der Waals surface area contributed by atoms with Crippen LogP contribution in [0.4, 0.5) is 27.6 Å². The lowest BCUT2D eigenvalue weighted by molar-refractivity contribution is -0.174. The van der Waals surface area contributed by atoms with Crippen molar-refractivity contribution in [3.05, 3.63) is 29.3 Å². The highest BCUT2D eigenvalue weighted by Gasteiger charge is 2.28. The van der Waals surface area contributed by atoms with Crippen LogP contribution in [0.25, 0.3) is 0 Å². The van der Waals surface area contributed by atoms with E-state index in [9.17, 15) is 26.7 Å². The van der Waals surface area contributed by atoms with E-state index < -0.39 is 36.9 Å². The normalized spacial score (nSPS) is 11.8. The summed E-state index contributed by atoms with van der Waals surface area (Å²) in [6.07, 6.45) is -4.55. The fourth-order valence-corrected chi connectivity index (χ4v) is 1.62. The summed E-state index contributed by atoms with van der Waals surface area (Å²) in [5, 5.41) is 2.10. The van der Waals surface area contributed by atoms with Gasteiger partial charge in [-0.2, -0.15) is 13.2 Å². The van der Waals surface area contributed by atoms with E-state index in [-0.39, 0.29) is 17.2 Å². The molecule has 0 aromatic heterocycles. The van der Waals surface area contributed by atoms with Crippen LogP contribution >= 0.6 is 0 Å². The second kappa shape index (κ2) is 6.84. The van der Waals surface area contributed by atoms with E-state index in [1.807, 2.05) is 0 Å². The molecule has 0 saturated carbocycles. The lowest BCUT2D eigenvalue weighted by Gasteiger charge is -2.15. The number of nitrogens with one attached hydrogen (secondary N) is 1. The Bertz CT molecular complexity index is 514. The van der Waals surface area contributed by atoms with Crippen LogP contribution in [0.1, 0.15) is 25.3 Å². The van der Waals surface area contributed by atoms with Gasteiger partial charge in [0.15, 0.2) is 0 Å². The predicted molar refractivity (Wildman–Crippen MR) is 66.0 cm³/mol. The van der Waals surface area contributed by atoms with E-state index >= 15 is 0 Å². The van der Waals surface area contributed by atoms with E-state index in [4.69, 9.17) is 0 Å². The Balaban J connectivity index is 2.76. The Hall–Kier alpha value is -1.70. The molecule has 0 unspecified atom stereocenters. The van der Waals surface area contributed by atoms with Crippen molar-refractivity contribution < 1.29 is 31.5 Å². The maximum atomic E-state index is 13.7. The third-order valence-electron chi connectivity index (χ3n) is 2.47. The van der Waals surface area contributed by atoms with Crippen molar-refractivity contribution in [2.45, 2.75) is 25.9 Å². The van der Waals surface area contributed by atoms with Gasteiger partial charge in [0.25, 0.3) is 0 Å². The number of ether oxygens (including phenoxy) is 1. The van der Waals surface area contributed by atoms with Crippen LogP contribution in [-0.4, -0.2) is 25.3 Å². The van der Waals surface area contributed by atoms with Gasteiger partial charge < -0.3 is 10.1 Å². The maximum Gasteiger partial charge on any atom is 0.411 e. The number of alkyl halides is 3. The lowest BCUT2D eigenvalue weighted by Crippen LogP contribution is -2.24. The van der Waals surface area contributed by atoms with Crippen molar-refractivity contribution in [3.8, 4) is 0 Å². The molecule has 1 amide bonds. The van der Waals surface area contributed by atoms with Crippen molar-refractivity contribution >= 4 is 11.6 Å². The highest BCUT2D eigenvalue weighted by Crippen LogP contribution is 2.28. The summed E-state index contributed by atoms with van der Waals surface area (Å²) in [6.45, 7) is 0.852. The molecule has 0 spiro atoms. The van der Waals surface area contributed by atoms with Crippen molar-refractivity contribution in [2.24, 2.45) is 0 Å². The molecule has 3 nitrogen and oxygen atoms in total. The Morgan fingerprint density at radius 2 is 1.90 bits per heavy atom. The minimum absolute atomic E-state index is 0.205. The number of rotatable bonds is 5. The summed E-state index contributed by atoms with van der Waals surface area (Å²) in [7, 11) is 0. The average molecular weight is 311 g/mol. The molecule has 1 aromatic rings. The number of halogens is 5. The Kier molecular flexibility index (Phi) is 5.65. The van der Waals surface area contributed by atoms with Crippen LogP contribution in [0.3, 0.4) is 0 Å². The molecule has 21 heavy (non-hydrogen) atoms. The second-order valence-electron chi connectivity index (χ2n) is 4.66. The molecule has 0 saturated heterocycles. The number of carbonyl (C=O) groups excluding carboxylic acids is 1. The van der Waals surface area contributed by atoms with Gasteiger partial charge in [-0.25, -0.2) is 8.78 Å². The van der Waals surface area contributed by atoms with Crippen LogP contribution in [-0.2, 0) is 9.53 Å². The fraction of sp³-hybridized carbons (Fsp3) is 0.462. The van der Waals surface area contributed by atoms with E-state index in [2.05, 4.69) is 10.1 Å². The maximum absolute atomic E-state index is 13.7. The van der Waals surface area contributed by atoms with Gasteiger partial charge in [-0.15, -0.1) is 0 Å². The molecule has 1 aromatic carbocycles. The third-order valence-corrected chi connectivity index (χ3v) is 2.47. The van der Waals surface area contributed by atoms with Crippen molar-refractivity contribution in [2.75, 3.05) is 18.5 Å². The number of hydrogen-bond donors (Lipinski definition) is 1. The molecule has 1 N–H and O–H groups in total. The lowest BCUT2D eigenvalue weighted by atomic mass is 10.0. The Morgan fingerprint density at radius 3 is 2.43 bits per heavy atom. The van der Waals surface area contributed by atoms with Crippen molar-refractivity contribution in [1.82, 2.24) is 0 Å². The molecule has 0 heterocycles. The van der Waals surface area contributed by atoms with Crippen LogP contribution in [0, 0.1) is 11.6 Å². The second-order valence-corrected chi connectivity index (χ2v) is 4.66. The first kappa shape index (κ1) is 17.4. The van der Waals surface area contributed by atoms with Gasteiger partial charge in [0.05, 0.1) is 5.69 Å². The van der Waals surface area contributed by atoms with Gasteiger partial charge in [-0.05, 0) is 17.5 Å². The third kappa shape index (κ3) is 5.66. The molecule has 8 heteroatoms. The van der Waals surface area contributed by atoms with Crippen LogP contribution in [0.15, 0.2) is 12.1 Å². The number of carbonyl (C=O) groups is 1. The van der Waals surface area contributed by atoms with Gasteiger partial charge >= 0.3 is 6.18 Å². The molecular formula is C13H14F5NO2. The molecule has 0 aliphatic heterocycles. The molecule has 0 aliphatic rings. The van der Waals surface area contributed by atoms with Crippen LogP contribution in [0.2, 0.25) is 0 Å². The smallest absolute Gasteiger partial charge is 0.362 e. The number of anilines is 1. The molecule has 0 radical (unpaired) electrons. The molecule has 1 rings (SSSR count).